The van der Waals surface area contributed by atoms with Gasteiger partial charge in [0.1, 0.15) is 6.10 Å². The average Bonchev–Trinajstić information content (AvgIpc) is 3.10. The van der Waals surface area contributed by atoms with E-state index < -0.39 is 6.29 Å². The zero-order valence-electron chi connectivity index (χ0n) is 11.9. The number of aromatic nitrogens is 4. The molecule has 0 spiro atoms. The summed E-state index contributed by atoms with van der Waals surface area (Å²) in [6.07, 6.45) is -0.629. The first-order valence-corrected chi connectivity index (χ1v) is 7.45. The zero-order chi connectivity index (χ0) is 15.3. The Balaban J connectivity index is 1.71. The van der Waals surface area contributed by atoms with E-state index in [1.54, 1.807) is 9.36 Å². The van der Waals surface area contributed by atoms with Crippen molar-refractivity contribution in [2.45, 2.75) is 31.8 Å². The van der Waals surface area contributed by atoms with E-state index in [2.05, 4.69) is 10.4 Å². The maximum atomic E-state index is 11.9. The lowest BCUT2D eigenvalue weighted by molar-refractivity contribution is -0.156. The number of carbonyl (C=O) groups excluding carboxylic acids is 1. The highest BCUT2D eigenvalue weighted by atomic mass is 32.1. The van der Waals surface area contributed by atoms with E-state index in [0.717, 1.165) is 11.3 Å². The molecule has 114 valence electrons. The Morgan fingerprint density at radius 3 is 2.82 bits per heavy atom. The van der Waals surface area contributed by atoms with E-state index in [-0.39, 0.29) is 17.9 Å². The minimum Gasteiger partial charge on any atom is -0.343 e. The van der Waals surface area contributed by atoms with Gasteiger partial charge in [0.25, 0.3) is 0 Å². The summed E-state index contributed by atoms with van der Waals surface area (Å²) in [5.41, 5.74) is 1.99. The monoisotopic (exact) mass is 318 g/mol. The first-order valence-electron chi connectivity index (χ1n) is 7.05. The van der Waals surface area contributed by atoms with Crippen LogP contribution < -0.4 is 0 Å². The van der Waals surface area contributed by atoms with Crippen LogP contribution in [0.4, 0.5) is 0 Å². The predicted molar refractivity (Wildman–Crippen MR) is 78.2 cm³/mol. The molecule has 2 aromatic rings. The summed E-state index contributed by atoms with van der Waals surface area (Å²) >= 11 is 5.47. The van der Waals surface area contributed by atoms with Gasteiger partial charge < -0.3 is 9.47 Å². The summed E-state index contributed by atoms with van der Waals surface area (Å²) in [7, 11) is 0. The molecule has 2 aliphatic heterocycles. The number of nitrogens with zero attached hydrogens (tertiary/aromatic N) is 4. The largest absolute Gasteiger partial charge is 0.343 e. The van der Waals surface area contributed by atoms with Crippen LogP contribution in [0, 0.1) is 11.7 Å². The van der Waals surface area contributed by atoms with Gasteiger partial charge in [-0.05, 0) is 41.7 Å². The molecule has 0 saturated carbocycles. The van der Waals surface area contributed by atoms with Crippen LogP contribution >= 0.6 is 12.2 Å². The van der Waals surface area contributed by atoms with E-state index in [1.807, 2.05) is 31.2 Å². The number of carbonyl (C=O) groups is 1. The van der Waals surface area contributed by atoms with E-state index in [0.29, 0.717) is 17.8 Å². The fourth-order valence-corrected chi connectivity index (χ4v) is 3.09. The molecule has 1 aromatic carbocycles. The van der Waals surface area contributed by atoms with Crippen LogP contribution in [-0.2, 0) is 14.3 Å². The average molecular weight is 318 g/mol. The van der Waals surface area contributed by atoms with Gasteiger partial charge in [0, 0.05) is 6.42 Å². The number of fused-ring (bicyclic) bond motifs is 2. The van der Waals surface area contributed by atoms with Gasteiger partial charge in [-0.3, -0.25) is 4.79 Å². The number of rotatable bonds is 2. The van der Waals surface area contributed by atoms with Crippen molar-refractivity contribution in [1.29, 1.82) is 0 Å². The van der Waals surface area contributed by atoms with Crippen molar-refractivity contribution in [1.82, 2.24) is 19.8 Å². The number of tetrazole rings is 1. The van der Waals surface area contributed by atoms with E-state index in [4.69, 9.17) is 21.7 Å². The molecule has 1 aromatic heterocycles. The van der Waals surface area contributed by atoms with Crippen LogP contribution in [0.1, 0.15) is 18.0 Å². The zero-order valence-corrected chi connectivity index (χ0v) is 12.7. The smallest absolute Gasteiger partial charge is 0.221 e. The Kier molecular flexibility index (Phi) is 3.17. The van der Waals surface area contributed by atoms with Gasteiger partial charge in [-0.1, -0.05) is 17.7 Å². The predicted octanol–water partition coefficient (Wildman–Crippen LogP) is 1.36. The normalized spacial score (nSPS) is 27.3. The van der Waals surface area contributed by atoms with Gasteiger partial charge in [0.15, 0.2) is 5.78 Å². The quantitative estimate of drug-likeness (QED) is 0.779. The van der Waals surface area contributed by atoms with E-state index in [1.165, 1.54) is 0 Å². The fraction of sp³-hybridized carbons (Fsp3) is 0.429. The summed E-state index contributed by atoms with van der Waals surface area (Å²) < 4.78 is 14.5. The second-order valence-corrected chi connectivity index (χ2v) is 5.90. The highest BCUT2D eigenvalue weighted by Gasteiger charge is 2.45. The van der Waals surface area contributed by atoms with Gasteiger partial charge in [-0.2, -0.15) is 4.68 Å². The first-order chi connectivity index (χ1) is 10.6. The van der Waals surface area contributed by atoms with Gasteiger partial charge in [0.2, 0.25) is 11.1 Å². The number of ether oxygens (including phenoxy) is 2. The minimum atomic E-state index is -0.720. The molecule has 4 rings (SSSR count). The van der Waals surface area contributed by atoms with Gasteiger partial charge >= 0.3 is 0 Å². The SMILES string of the molecule is Cc1ccc(-n2nnn([C@@H]3CC(=O)[C@@H]4OC[C@H]3O4)c2=S)cc1. The highest BCUT2D eigenvalue weighted by molar-refractivity contribution is 7.71. The Labute approximate surface area is 131 Å². The third-order valence-corrected chi connectivity index (χ3v) is 4.37. The number of Topliss-reactive ketones (excluding diaryl/α,β-unsaturated/α-hetero) is 1. The summed E-state index contributed by atoms with van der Waals surface area (Å²) in [5, 5.41) is 8.24. The maximum Gasteiger partial charge on any atom is 0.221 e. The molecule has 2 bridgehead atoms. The second kappa shape index (κ2) is 5.08. The molecule has 3 atom stereocenters. The van der Waals surface area contributed by atoms with Crippen LogP contribution in [-0.4, -0.2) is 44.6 Å². The Hall–Kier alpha value is -1.90. The molecule has 2 fully saturated rings. The van der Waals surface area contributed by atoms with Gasteiger partial charge in [0.05, 0.1) is 18.3 Å². The molecule has 2 aliphatic rings. The first kappa shape index (κ1) is 13.7. The number of ketones is 1. The summed E-state index contributed by atoms with van der Waals surface area (Å²) in [6.45, 7) is 2.39. The van der Waals surface area contributed by atoms with E-state index in [9.17, 15) is 4.79 Å². The maximum absolute atomic E-state index is 11.9. The van der Waals surface area contributed by atoms with Gasteiger partial charge in [-0.25, -0.2) is 4.68 Å². The standard InChI is InChI=1S/C14H14N4O3S/c1-8-2-4-9(5-3-8)17-14(22)18(16-15-17)10-6-11(19)13-20-7-12(10)21-13/h2-5,10,12-13H,6-7H2,1H3/t10-,12-,13-/m1/s1. The molecule has 0 radical (unpaired) electrons. The molecule has 8 heteroatoms. The Morgan fingerprint density at radius 2 is 2.05 bits per heavy atom. The van der Waals surface area contributed by atoms with Crippen LogP contribution in [0.2, 0.25) is 0 Å². The molecular weight excluding hydrogens is 304 g/mol. The molecule has 0 aliphatic carbocycles. The second-order valence-electron chi connectivity index (χ2n) is 5.53. The molecule has 0 amide bonds. The summed E-state index contributed by atoms with van der Waals surface area (Å²) in [5.74, 6) is -0.0782. The van der Waals surface area contributed by atoms with Crippen molar-refractivity contribution in [2.75, 3.05) is 6.61 Å². The van der Waals surface area contributed by atoms with Crippen LogP contribution in [0.15, 0.2) is 24.3 Å². The van der Waals surface area contributed by atoms with Crippen LogP contribution in [0.25, 0.3) is 5.69 Å². The van der Waals surface area contributed by atoms with Crippen LogP contribution in [0.3, 0.4) is 0 Å². The molecular formula is C14H14N4O3S. The molecule has 0 unspecified atom stereocenters. The lowest BCUT2D eigenvalue weighted by atomic mass is 10.0. The number of benzene rings is 1. The molecule has 0 N–H and O–H groups in total. The third kappa shape index (κ3) is 2.11. The third-order valence-electron chi connectivity index (χ3n) is 4.01. The number of hydrogen-bond donors (Lipinski definition) is 0. The Morgan fingerprint density at radius 1 is 1.27 bits per heavy atom. The lowest BCUT2D eigenvalue weighted by Gasteiger charge is -2.25. The molecule has 2 saturated heterocycles. The summed E-state index contributed by atoms with van der Waals surface area (Å²) in [4.78, 5) is 11.9. The van der Waals surface area contributed by atoms with Crippen molar-refractivity contribution in [3.05, 3.63) is 34.6 Å². The van der Waals surface area contributed by atoms with Crippen molar-refractivity contribution in [3.63, 3.8) is 0 Å². The Bertz CT molecular complexity index is 782. The minimum absolute atomic E-state index is 0.0782. The highest BCUT2D eigenvalue weighted by Crippen LogP contribution is 2.32. The van der Waals surface area contributed by atoms with Crippen molar-refractivity contribution < 1.29 is 14.3 Å². The van der Waals surface area contributed by atoms with Crippen molar-refractivity contribution >= 4 is 18.0 Å². The molecule has 22 heavy (non-hydrogen) atoms. The number of hydrogen-bond acceptors (Lipinski definition) is 6. The summed E-state index contributed by atoms with van der Waals surface area (Å²) in [6, 6.07) is 7.57. The van der Waals surface area contributed by atoms with Crippen molar-refractivity contribution in [2.24, 2.45) is 0 Å². The lowest BCUT2D eigenvalue weighted by Crippen LogP contribution is -2.37. The van der Waals surface area contributed by atoms with E-state index >= 15 is 0 Å². The topological polar surface area (TPSA) is 71.2 Å². The van der Waals surface area contributed by atoms with Crippen molar-refractivity contribution in [3.8, 4) is 5.69 Å². The molecule has 7 nitrogen and oxygen atoms in total. The number of aryl methyl sites for hydroxylation is 1. The fourth-order valence-electron chi connectivity index (χ4n) is 2.78. The molecule has 3 heterocycles. The van der Waals surface area contributed by atoms with Crippen LogP contribution in [0.5, 0.6) is 0 Å². The van der Waals surface area contributed by atoms with Gasteiger partial charge in [-0.15, -0.1) is 0 Å².